The topological polar surface area (TPSA) is 38.5 Å². The molecule has 0 aromatic heterocycles. The van der Waals surface area contributed by atoms with Crippen molar-refractivity contribution in [1.29, 1.82) is 0 Å². The minimum atomic E-state index is 0.562. The van der Waals surface area contributed by atoms with Gasteiger partial charge in [0.05, 0.1) is 4.47 Å². The molecule has 1 aromatic rings. The summed E-state index contributed by atoms with van der Waals surface area (Å²) in [5, 5.41) is 0. The van der Waals surface area contributed by atoms with Crippen LogP contribution in [0.15, 0.2) is 22.7 Å². The van der Waals surface area contributed by atoms with Crippen LogP contribution in [0.3, 0.4) is 0 Å². The summed E-state index contributed by atoms with van der Waals surface area (Å²) in [7, 11) is 0. The molecule has 0 saturated carbocycles. The third kappa shape index (κ3) is 3.97. The summed E-state index contributed by atoms with van der Waals surface area (Å²) in [5.74, 6) is 0.907. The Morgan fingerprint density at radius 2 is 2.00 bits per heavy atom. The van der Waals surface area contributed by atoms with Gasteiger partial charge < -0.3 is 10.5 Å². The number of hydrogen-bond donors (Lipinski definition) is 1. The molecule has 1 fully saturated rings. The molecule has 1 heterocycles. The second kappa shape index (κ2) is 7.12. The molecule has 4 heteroatoms. The first kappa shape index (κ1) is 13.8. The van der Waals surface area contributed by atoms with Crippen LogP contribution in [-0.4, -0.2) is 31.1 Å². The molecule has 0 bridgehead atoms. The minimum absolute atomic E-state index is 0.562. The maximum atomic E-state index is 5.81. The molecule has 0 spiro atoms. The van der Waals surface area contributed by atoms with Crippen molar-refractivity contribution in [3.8, 4) is 5.75 Å². The minimum Gasteiger partial charge on any atom is -0.491 e. The number of piperidine rings is 1. The molecule has 0 amide bonds. The summed E-state index contributed by atoms with van der Waals surface area (Å²) in [5.41, 5.74) is 6.71. The Morgan fingerprint density at radius 3 is 2.67 bits per heavy atom. The monoisotopic (exact) mass is 312 g/mol. The van der Waals surface area contributed by atoms with E-state index in [1.54, 1.807) is 0 Å². The van der Waals surface area contributed by atoms with Crippen molar-refractivity contribution >= 4 is 15.9 Å². The van der Waals surface area contributed by atoms with Gasteiger partial charge in [-0.25, -0.2) is 0 Å². The zero-order valence-corrected chi connectivity index (χ0v) is 12.3. The summed E-state index contributed by atoms with van der Waals surface area (Å²) >= 11 is 3.52. The van der Waals surface area contributed by atoms with Crippen molar-refractivity contribution in [3.05, 3.63) is 28.2 Å². The predicted molar refractivity (Wildman–Crippen MR) is 77.8 cm³/mol. The zero-order valence-electron chi connectivity index (χ0n) is 10.7. The van der Waals surface area contributed by atoms with E-state index in [1.807, 2.05) is 18.2 Å². The predicted octanol–water partition coefficient (Wildman–Crippen LogP) is 2.77. The van der Waals surface area contributed by atoms with Crippen LogP contribution < -0.4 is 10.5 Å². The number of nitrogens with two attached hydrogens (primary N) is 1. The van der Waals surface area contributed by atoms with E-state index in [2.05, 4.69) is 20.8 Å². The standard InChI is InChI=1S/C14H21BrN2O/c15-13-10-12(11-16)4-5-14(13)18-9-8-17-6-2-1-3-7-17/h4-5,10H,1-3,6-9,11,16H2. The van der Waals surface area contributed by atoms with E-state index in [1.165, 1.54) is 32.4 Å². The quantitative estimate of drug-likeness (QED) is 0.908. The van der Waals surface area contributed by atoms with Gasteiger partial charge in [0.2, 0.25) is 0 Å². The number of halogens is 1. The third-order valence-electron chi connectivity index (χ3n) is 3.35. The van der Waals surface area contributed by atoms with Gasteiger partial charge in [0.15, 0.2) is 0 Å². The number of ether oxygens (including phenoxy) is 1. The molecular formula is C14H21BrN2O. The van der Waals surface area contributed by atoms with Crippen LogP contribution in [0.5, 0.6) is 5.75 Å². The van der Waals surface area contributed by atoms with Gasteiger partial charge in [-0.2, -0.15) is 0 Å². The van der Waals surface area contributed by atoms with Gasteiger partial charge in [-0.15, -0.1) is 0 Å². The van der Waals surface area contributed by atoms with Gasteiger partial charge >= 0.3 is 0 Å². The van der Waals surface area contributed by atoms with E-state index in [0.717, 1.165) is 28.9 Å². The van der Waals surface area contributed by atoms with Crippen molar-refractivity contribution < 1.29 is 4.74 Å². The SMILES string of the molecule is NCc1ccc(OCCN2CCCCC2)c(Br)c1. The number of hydrogen-bond acceptors (Lipinski definition) is 3. The van der Waals surface area contributed by atoms with E-state index in [4.69, 9.17) is 10.5 Å². The number of rotatable bonds is 5. The van der Waals surface area contributed by atoms with Crippen molar-refractivity contribution in [2.45, 2.75) is 25.8 Å². The Hall–Kier alpha value is -0.580. The lowest BCUT2D eigenvalue weighted by Gasteiger charge is -2.26. The van der Waals surface area contributed by atoms with Gasteiger partial charge in [0, 0.05) is 13.1 Å². The lowest BCUT2D eigenvalue weighted by molar-refractivity contribution is 0.183. The van der Waals surface area contributed by atoms with Crippen molar-refractivity contribution in [2.24, 2.45) is 5.73 Å². The summed E-state index contributed by atoms with van der Waals surface area (Å²) in [6.45, 7) is 4.77. The molecule has 18 heavy (non-hydrogen) atoms. The Balaban J connectivity index is 1.79. The van der Waals surface area contributed by atoms with Crippen molar-refractivity contribution in [3.63, 3.8) is 0 Å². The molecule has 2 N–H and O–H groups in total. The van der Waals surface area contributed by atoms with Gasteiger partial charge in [-0.3, -0.25) is 4.90 Å². The highest BCUT2D eigenvalue weighted by molar-refractivity contribution is 9.10. The van der Waals surface area contributed by atoms with Crippen LogP contribution in [0.4, 0.5) is 0 Å². The first-order valence-corrected chi connectivity index (χ1v) is 7.42. The van der Waals surface area contributed by atoms with Crippen LogP contribution in [0, 0.1) is 0 Å². The highest BCUT2D eigenvalue weighted by atomic mass is 79.9. The van der Waals surface area contributed by atoms with E-state index in [9.17, 15) is 0 Å². The van der Waals surface area contributed by atoms with Crippen LogP contribution in [0.2, 0.25) is 0 Å². The summed E-state index contributed by atoms with van der Waals surface area (Å²) in [6, 6.07) is 6.03. The average molecular weight is 313 g/mol. The maximum Gasteiger partial charge on any atom is 0.133 e. The summed E-state index contributed by atoms with van der Waals surface area (Å²) in [6.07, 6.45) is 4.03. The molecular weight excluding hydrogens is 292 g/mol. The maximum absolute atomic E-state index is 5.81. The van der Waals surface area contributed by atoms with E-state index < -0.39 is 0 Å². The normalized spacial score (nSPS) is 16.8. The molecule has 1 aliphatic heterocycles. The molecule has 0 unspecified atom stereocenters. The molecule has 0 radical (unpaired) electrons. The molecule has 2 rings (SSSR count). The number of benzene rings is 1. The van der Waals surface area contributed by atoms with Gasteiger partial charge in [-0.05, 0) is 59.6 Å². The largest absolute Gasteiger partial charge is 0.491 e. The fraction of sp³-hybridized carbons (Fsp3) is 0.571. The Morgan fingerprint density at radius 1 is 1.22 bits per heavy atom. The average Bonchev–Trinajstić information content (AvgIpc) is 2.42. The Kier molecular flexibility index (Phi) is 5.47. The second-order valence-electron chi connectivity index (χ2n) is 4.72. The highest BCUT2D eigenvalue weighted by Crippen LogP contribution is 2.25. The summed E-state index contributed by atoms with van der Waals surface area (Å²) in [4.78, 5) is 2.48. The van der Waals surface area contributed by atoms with E-state index >= 15 is 0 Å². The van der Waals surface area contributed by atoms with Gasteiger partial charge in [-0.1, -0.05) is 12.5 Å². The van der Waals surface area contributed by atoms with Crippen LogP contribution in [0.25, 0.3) is 0 Å². The number of nitrogens with zero attached hydrogens (tertiary/aromatic N) is 1. The summed E-state index contributed by atoms with van der Waals surface area (Å²) < 4.78 is 6.80. The lowest BCUT2D eigenvalue weighted by atomic mass is 10.1. The third-order valence-corrected chi connectivity index (χ3v) is 3.97. The van der Waals surface area contributed by atoms with Crippen LogP contribution in [0.1, 0.15) is 24.8 Å². The Bertz CT molecular complexity index is 378. The van der Waals surface area contributed by atoms with Crippen molar-refractivity contribution in [2.75, 3.05) is 26.2 Å². The molecule has 1 aliphatic rings. The van der Waals surface area contributed by atoms with E-state index in [0.29, 0.717) is 6.54 Å². The lowest BCUT2D eigenvalue weighted by Crippen LogP contribution is -2.33. The first-order valence-electron chi connectivity index (χ1n) is 6.63. The van der Waals surface area contributed by atoms with Crippen molar-refractivity contribution in [1.82, 2.24) is 4.90 Å². The highest BCUT2D eigenvalue weighted by Gasteiger charge is 2.10. The van der Waals surface area contributed by atoms with Crippen LogP contribution >= 0.6 is 15.9 Å². The van der Waals surface area contributed by atoms with Gasteiger partial charge in [0.1, 0.15) is 12.4 Å². The molecule has 0 atom stereocenters. The molecule has 1 saturated heterocycles. The molecule has 3 nitrogen and oxygen atoms in total. The fourth-order valence-electron chi connectivity index (χ4n) is 2.26. The van der Waals surface area contributed by atoms with Gasteiger partial charge in [0.25, 0.3) is 0 Å². The number of likely N-dealkylation sites (tertiary alicyclic amines) is 1. The van der Waals surface area contributed by atoms with E-state index in [-0.39, 0.29) is 0 Å². The molecule has 0 aliphatic carbocycles. The van der Waals surface area contributed by atoms with Crippen LogP contribution in [-0.2, 0) is 6.54 Å². The Labute approximate surface area is 117 Å². The second-order valence-corrected chi connectivity index (χ2v) is 5.57. The molecule has 100 valence electrons. The molecule has 1 aromatic carbocycles. The first-order chi connectivity index (χ1) is 8.79. The fourth-order valence-corrected chi connectivity index (χ4v) is 2.80. The zero-order chi connectivity index (χ0) is 12.8. The smallest absolute Gasteiger partial charge is 0.133 e.